The van der Waals surface area contributed by atoms with E-state index in [2.05, 4.69) is 25.7 Å². The van der Waals surface area contributed by atoms with Gasteiger partial charge in [0, 0.05) is 36.4 Å². The molecule has 1 atom stereocenters. The summed E-state index contributed by atoms with van der Waals surface area (Å²) in [6.07, 6.45) is 1.07. The Bertz CT molecular complexity index is 537. The number of ether oxygens (including phenoxy) is 1. The van der Waals surface area contributed by atoms with E-state index in [0.717, 1.165) is 67.4 Å². The lowest BCUT2D eigenvalue weighted by atomic mass is 10.1. The lowest BCUT2D eigenvalue weighted by molar-refractivity contribution is 0.0245. The van der Waals surface area contributed by atoms with Crippen LogP contribution >= 0.6 is 27.7 Å². The van der Waals surface area contributed by atoms with Crippen molar-refractivity contribution in [2.75, 3.05) is 50.9 Å². The van der Waals surface area contributed by atoms with Crippen molar-refractivity contribution < 1.29 is 9.53 Å². The van der Waals surface area contributed by atoms with Gasteiger partial charge in [-0.1, -0.05) is 12.1 Å². The molecular weight excluding hydrogens is 376 g/mol. The fourth-order valence-electron chi connectivity index (χ4n) is 3.12. The van der Waals surface area contributed by atoms with Crippen molar-refractivity contribution in [3.8, 4) is 0 Å². The van der Waals surface area contributed by atoms with Gasteiger partial charge in [0.2, 0.25) is 0 Å². The second kappa shape index (κ2) is 8.51. The van der Waals surface area contributed by atoms with Crippen LogP contribution in [0.1, 0.15) is 16.8 Å². The zero-order valence-corrected chi connectivity index (χ0v) is 15.7. The minimum Gasteiger partial charge on any atom is -0.379 e. The molecule has 0 aromatic heterocycles. The number of hydrogen-bond donors (Lipinski definition) is 0. The molecule has 0 radical (unpaired) electrons. The smallest absolute Gasteiger partial charge is 0.255 e. The van der Waals surface area contributed by atoms with Crippen molar-refractivity contribution >= 4 is 33.6 Å². The van der Waals surface area contributed by atoms with E-state index in [1.807, 2.05) is 36.0 Å². The summed E-state index contributed by atoms with van der Waals surface area (Å²) in [6.45, 7) is 5.35. The number of halogens is 1. The number of rotatable bonds is 3. The molecule has 2 aliphatic heterocycles. The van der Waals surface area contributed by atoms with Gasteiger partial charge in [-0.25, -0.2) is 0 Å². The van der Waals surface area contributed by atoms with Gasteiger partial charge in [0.1, 0.15) is 0 Å². The molecule has 2 saturated heterocycles. The van der Waals surface area contributed by atoms with Gasteiger partial charge < -0.3 is 9.64 Å². The molecule has 3 rings (SSSR count). The Morgan fingerprint density at radius 3 is 2.83 bits per heavy atom. The first kappa shape index (κ1) is 17.3. The molecular formula is C17H23BrN2O2S. The zero-order chi connectivity index (χ0) is 16.1. The van der Waals surface area contributed by atoms with Crippen molar-refractivity contribution in [3.63, 3.8) is 0 Å². The molecule has 23 heavy (non-hydrogen) atoms. The molecule has 2 heterocycles. The number of carbonyl (C=O) groups excluding carboxylic acids is 1. The number of hydrogen-bond acceptors (Lipinski definition) is 4. The molecule has 0 aliphatic carbocycles. The van der Waals surface area contributed by atoms with E-state index in [9.17, 15) is 4.79 Å². The van der Waals surface area contributed by atoms with Crippen LogP contribution in [0.2, 0.25) is 0 Å². The van der Waals surface area contributed by atoms with Gasteiger partial charge in [-0.15, -0.1) is 0 Å². The highest BCUT2D eigenvalue weighted by atomic mass is 79.9. The molecule has 0 N–H and O–H groups in total. The van der Waals surface area contributed by atoms with Crippen molar-refractivity contribution in [1.82, 2.24) is 9.80 Å². The quantitative estimate of drug-likeness (QED) is 0.783. The van der Waals surface area contributed by atoms with Gasteiger partial charge in [-0.2, -0.15) is 11.8 Å². The third-order valence-electron chi connectivity index (χ3n) is 4.38. The first-order valence-corrected chi connectivity index (χ1v) is 10.1. The largest absolute Gasteiger partial charge is 0.379 e. The monoisotopic (exact) mass is 398 g/mol. The Morgan fingerprint density at radius 2 is 2.04 bits per heavy atom. The van der Waals surface area contributed by atoms with Crippen molar-refractivity contribution in [2.45, 2.75) is 12.5 Å². The standard InChI is InChI=1S/C17H23BrN2O2S/c18-16-5-2-1-4-15(16)17(21)20-6-3-11-23-13-14(20)12-19-7-9-22-10-8-19/h1-2,4-5,14H,3,6-13H2/t14-/m1/s1. The lowest BCUT2D eigenvalue weighted by Crippen LogP contribution is -2.50. The summed E-state index contributed by atoms with van der Waals surface area (Å²) in [4.78, 5) is 17.6. The second-order valence-corrected chi connectivity index (χ2v) is 7.98. The van der Waals surface area contributed by atoms with E-state index in [1.54, 1.807) is 0 Å². The summed E-state index contributed by atoms with van der Waals surface area (Å²) in [5.74, 6) is 2.31. The van der Waals surface area contributed by atoms with Gasteiger partial charge in [0.25, 0.3) is 5.91 Å². The number of thioether (sulfide) groups is 1. The van der Waals surface area contributed by atoms with Gasteiger partial charge in [0.05, 0.1) is 24.8 Å². The van der Waals surface area contributed by atoms with E-state index < -0.39 is 0 Å². The number of benzene rings is 1. The van der Waals surface area contributed by atoms with E-state index >= 15 is 0 Å². The average molecular weight is 399 g/mol. The molecule has 1 amide bonds. The highest BCUT2D eigenvalue weighted by Gasteiger charge is 2.29. The van der Waals surface area contributed by atoms with Crippen molar-refractivity contribution in [3.05, 3.63) is 34.3 Å². The number of nitrogens with zero attached hydrogens (tertiary/aromatic N) is 2. The van der Waals surface area contributed by atoms with Gasteiger partial charge in [-0.05, 0) is 40.2 Å². The molecule has 2 aliphatic rings. The summed E-state index contributed by atoms with van der Waals surface area (Å²) in [7, 11) is 0. The molecule has 1 aromatic carbocycles. The predicted octanol–water partition coefficient (Wildman–Crippen LogP) is 2.73. The number of morpholine rings is 1. The Labute approximate surface area is 150 Å². The second-order valence-electron chi connectivity index (χ2n) is 5.97. The highest BCUT2D eigenvalue weighted by Crippen LogP contribution is 2.23. The average Bonchev–Trinajstić information content (AvgIpc) is 2.81. The maximum Gasteiger partial charge on any atom is 0.255 e. The van der Waals surface area contributed by atoms with Crippen LogP contribution in [0, 0.1) is 0 Å². The maximum absolute atomic E-state index is 13.1. The molecule has 0 unspecified atom stereocenters. The summed E-state index contributed by atoms with van der Waals surface area (Å²) in [5.41, 5.74) is 0.770. The van der Waals surface area contributed by atoms with Gasteiger partial charge in [0.15, 0.2) is 0 Å². The van der Waals surface area contributed by atoms with E-state index in [1.165, 1.54) is 0 Å². The zero-order valence-electron chi connectivity index (χ0n) is 13.2. The summed E-state index contributed by atoms with van der Waals surface area (Å²) in [6, 6.07) is 8.01. The molecule has 1 aromatic rings. The van der Waals surface area contributed by atoms with E-state index in [4.69, 9.17) is 4.74 Å². The lowest BCUT2D eigenvalue weighted by Gasteiger charge is -2.35. The first-order chi connectivity index (χ1) is 11.3. The topological polar surface area (TPSA) is 32.8 Å². The molecule has 4 nitrogen and oxygen atoms in total. The molecule has 0 spiro atoms. The predicted molar refractivity (Wildman–Crippen MR) is 98.2 cm³/mol. The summed E-state index contributed by atoms with van der Waals surface area (Å²) in [5, 5.41) is 0. The molecule has 0 bridgehead atoms. The van der Waals surface area contributed by atoms with Crippen LogP contribution in [0.5, 0.6) is 0 Å². The van der Waals surface area contributed by atoms with Gasteiger partial charge in [-0.3, -0.25) is 9.69 Å². The Balaban J connectivity index is 1.75. The SMILES string of the molecule is O=C(c1ccccc1Br)N1CCCSC[C@H]1CN1CCOCC1. The van der Waals surface area contributed by atoms with Crippen LogP contribution in [0.15, 0.2) is 28.7 Å². The molecule has 126 valence electrons. The third kappa shape index (κ3) is 4.50. The minimum absolute atomic E-state index is 0.151. The Morgan fingerprint density at radius 1 is 1.26 bits per heavy atom. The van der Waals surface area contributed by atoms with Crippen LogP contribution in [0.25, 0.3) is 0 Å². The highest BCUT2D eigenvalue weighted by molar-refractivity contribution is 9.10. The van der Waals surface area contributed by atoms with Crippen LogP contribution in [-0.4, -0.2) is 72.6 Å². The number of amides is 1. The molecule has 0 saturated carbocycles. The summed E-state index contributed by atoms with van der Waals surface area (Å²) >= 11 is 5.49. The van der Waals surface area contributed by atoms with Crippen LogP contribution < -0.4 is 0 Å². The normalized spacial score (nSPS) is 23.5. The van der Waals surface area contributed by atoms with E-state index in [-0.39, 0.29) is 11.9 Å². The van der Waals surface area contributed by atoms with Gasteiger partial charge >= 0.3 is 0 Å². The van der Waals surface area contributed by atoms with Crippen molar-refractivity contribution in [1.29, 1.82) is 0 Å². The van der Waals surface area contributed by atoms with E-state index in [0.29, 0.717) is 0 Å². The van der Waals surface area contributed by atoms with Crippen LogP contribution in [-0.2, 0) is 4.74 Å². The van der Waals surface area contributed by atoms with Crippen LogP contribution in [0.3, 0.4) is 0 Å². The fourth-order valence-corrected chi connectivity index (χ4v) is 4.63. The maximum atomic E-state index is 13.1. The number of carbonyl (C=O) groups is 1. The van der Waals surface area contributed by atoms with Crippen molar-refractivity contribution in [2.24, 2.45) is 0 Å². The Hall–Kier alpha value is -0.560. The fraction of sp³-hybridized carbons (Fsp3) is 0.588. The Kier molecular flexibility index (Phi) is 6.39. The summed E-state index contributed by atoms with van der Waals surface area (Å²) < 4.78 is 6.32. The first-order valence-electron chi connectivity index (χ1n) is 8.19. The molecule has 6 heteroatoms. The minimum atomic E-state index is 0.151. The third-order valence-corrected chi connectivity index (χ3v) is 6.27. The van der Waals surface area contributed by atoms with Crippen LogP contribution in [0.4, 0.5) is 0 Å². The molecule has 2 fully saturated rings.